The summed E-state index contributed by atoms with van der Waals surface area (Å²) in [7, 11) is 0. The molecular formula is C14H21Cl2N. The Morgan fingerprint density at radius 1 is 1.18 bits per heavy atom. The van der Waals surface area contributed by atoms with Crippen molar-refractivity contribution in [2.24, 2.45) is 5.92 Å². The largest absolute Gasteiger partial charge is 0.313 e. The highest BCUT2D eigenvalue weighted by molar-refractivity contribution is 6.35. The molecule has 96 valence electrons. The summed E-state index contributed by atoms with van der Waals surface area (Å²) in [4.78, 5) is 0. The van der Waals surface area contributed by atoms with Crippen LogP contribution < -0.4 is 5.32 Å². The van der Waals surface area contributed by atoms with Gasteiger partial charge >= 0.3 is 0 Å². The first-order valence-electron chi connectivity index (χ1n) is 6.15. The highest BCUT2D eigenvalue weighted by Gasteiger charge is 2.22. The van der Waals surface area contributed by atoms with Crippen molar-refractivity contribution < 1.29 is 0 Å². The van der Waals surface area contributed by atoms with Crippen LogP contribution in [0.15, 0.2) is 18.2 Å². The third kappa shape index (κ3) is 3.87. The molecule has 2 unspecified atom stereocenters. The minimum absolute atomic E-state index is 0.375. The van der Waals surface area contributed by atoms with Crippen LogP contribution in [-0.2, 0) is 0 Å². The minimum Gasteiger partial charge on any atom is -0.313 e. The van der Waals surface area contributed by atoms with Crippen molar-refractivity contribution in [1.82, 2.24) is 5.32 Å². The smallest absolute Gasteiger partial charge is 0.0456 e. The Kier molecular flexibility index (Phi) is 5.78. The molecule has 0 aliphatic heterocycles. The average molecular weight is 274 g/mol. The van der Waals surface area contributed by atoms with Gasteiger partial charge in [0.15, 0.2) is 0 Å². The number of nitrogens with one attached hydrogen (secondary N) is 1. The molecule has 0 aliphatic rings. The first-order chi connectivity index (χ1) is 7.97. The molecule has 0 spiro atoms. The summed E-state index contributed by atoms with van der Waals surface area (Å²) in [6.07, 6.45) is 0. The molecule has 2 atom stereocenters. The highest BCUT2D eigenvalue weighted by Crippen LogP contribution is 2.31. The molecule has 3 heteroatoms. The molecule has 1 rings (SSSR count). The van der Waals surface area contributed by atoms with E-state index in [1.807, 2.05) is 18.2 Å². The maximum absolute atomic E-state index is 6.26. The number of hydrogen-bond acceptors (Lipinski definition) is 1. The molecule has 1 aromatic rings. The van der Waals surface area contributed by atoms with Gasteiger partial charge in [0.2, 0.25) is 0 Å². The van der Waals surface area contributed by atoms with Crippen LogP contribution in [0, 0.1) is 5.92 Å². The fraction of sp³-hybridized carbons (Fsp3) is 0.571. The molecule has 0 heterocycles. The summed E-state index contributed by atoms with van der Waals surface area (Å²) < 4.78 is 0. The number of halogens is 2. The molecule has 1 N–H and O–H groups in total. The number of rotatable bonds is 5. The Bertz CT molecular complexity index is 363. The zero-order valence-electron chi connectivity index (χ0n) is 10.9. The second-order valence-corrected chi connectivity index (χ2v) is 5.63. The summed E-state index contributed by atoms with van der Waals surface area (Å²) in [6.45, 7) is 9.77. The summed E-state index contributed by atoms with van der Waals surface area (Å²) >= 11 is 12.2. The Balaban J connectivity index is 2.96. The van der Waals surface area contributed by atoms with Crippen LogP contribution in [0.2, 0.25) is 10.0 Å². The molecular weight excluding hydrogens is 253 g/mol. The van der Waals surface area contributed by atoms with Crippen LogP contribution in [0.25, 0.3) is 0 Å². The number of benzene rings is 1. The zero-order valence-corrected chi connectivity index (χ0v) is 12.4. The van der Waals surface area contributed by atoms with Crippen molar-refractivity contribution in [1.29, 1.82) is 0 Å². The van der Waals surface area contributed by atoms with E-state index >= 15 is 0 Å². The van der Waals surface area contributed by atoms with E-state index in [2.05, 4.69) is 33.0 Å². The normalized spacial score (nSPS) is 15.0. The Morgan fingerprint density at radius 3 is 2.29 bits per heavy atom. The van der Waals surface area contributed by atoms with Gasteiger partial charge in [-0.15, -0.1) is 0 Å². The van der Waals surface area contributed by atoms with Crippen molar-refractivity contribution in [3.8, 4) is 0 Å². The summed E-state index contributed by atoms with van der Waals surface area (Å²) in [6, 6.07) is 6.18. The second-order valence-electron chi connectivity index (χ2n) is 4.78. The van der Waals surface area contributed by atoms with Crippen molar-refractivity contribution in [3.05, 3.63) is 33.8 Å². The monoisotopic (exact) mass is 273 g/mol. The van der Waals surface area contributed by atoms with E-state index in [0.29, 0.717) is 22.9 Å². The van der Waals surface area contributed by atoms with Gasteiger partial charge < -0.3 is 5.32 Å². The lowest BCUT2D eigenvalue weighted by molar-refractivity contribution is 0.360. The van der Waals surface area contributed by atoms with Gasteiger partial charge in [-0.3, -0.25) is 0 Å². The van der Waals surface area contributed by atoms with Gasteiger partial charge in [-0.25, -0.2) is 0 Å². The molecule has 0 saturated carbocycles. The quantitative estimate of drug-likeness (QED) is 0.818. The van der Waals surface area contributed by atoms with E-state index < -0.39 is 0 Å². The summed E-state index contributed by atoms with van der Waals surface area (Å²) in [5.74, 6) is 0.941. The first kappa shape index (κ1) is 14.8. The van der Waals surface area contributed by atoms with Crippen LogP contribution in [0.4, 0.5) is 0 Å². The Hall–Kier alpha value is -0.240. The maximum Gasteiger partial charge on any atom is 0.0456 e. The van der Waals surface area contributed by atoms with E-state index in [1.54, 1.807) is 0 Å². The third-order valence-corrected chi connectivity index (χ3v) is 3.71. The third-order valence-electron chi connectivity index (χ3n) is 3.15. The van der Waals surface area contributed by atoms with Crippen LogP contribution in [-0.4, -0.2) is 12.6 Å². The van der Waals surface area contributed by atoms with Crippen LogP contribution in [0.3, 0.4) is 0 Å². The minimum atomic E-state index is 0.375. The molecule has 1 aromatic carbocycles. The van der Waals surface area contributed by atoms with Crippen molar-refractivity contribution >= 4 is 23.2 Å². The SMILES string of the molecule is CCNC(C(C)C)C(C)c1ccc(Cl)cc1Cl. The summed E-state index contributed by atoms with van der Waals surface area (Å²) in [5, 5.41) is 4.98. The van der Waals surface area contributed by atoms with Gasteiger partial charge in [0, 0.05) is 16.1 Å². The lowest BCUT2D eigenvalue weighted by Crippen LogP contribution is -2.38. The van der Waals surface area contributed by atoms with Crippen LogP contribution in [0.5, 0.6) is 0 Å². The predicted molar refractivity (Wildman–Crippen MR) is 77.2 cm³/mol. The van der Waals surface area contributed by atoms with Crippen molar-refractivity contribution in [2.75, 3.05) is 6.54 Å². The van der Waals surface area contributed by atoms with Gasteiger partial charge in [-0.2, -0.15) is 0 Å². The standard InChI is InChI=1S/C14H21Cl2N/c1-5-17-14(9(2)3)10(4)12-7-6-11(15)8-13(12)16/h6-10,14,17H,5H2,1-4H3. The lowest BCUT2D eigenvalue weighted by Gasteiger charge is -2.29. The Morgan fingerprint density at radius 2 is 1.82 bits per heavy atom. The predicted octanol–water partition coefficient (Wildman–Crippen LogP) is 4.73. The Labute approximate surface area is 115 Å². The fourth-order valence-electron chi connectivity index (χ4n) is 2.29. The molecule has 0 aliphatic carbocycles. The van der Waals surface area contributed by atoms with E-state index in [-0.39, 0.29) is 0 Å². The zero-order chi connectivity index (χ0) is 13.0. The molecule has 0 radical (unpaired) electrons. The van der Waals surface area contributed by atoms with E-state index in [0.717, 1.165) is 17.1 Å². The average Bonchev–Trinajstić information content (AvgIpc) is 2.24. The molecule has 0 fully saturated rings. The van der Waals surface area contributed by atoms with Crippen LogP contribution >= 0.6 is 23.2 Å². The molecule has 0 saturated heterocycles. The fourth-order valence-corrected chi connectivity index (χ4v) is 2.87. The number of hydrogen-bond donors (Lipinski definition) is 1. The molecule has 1 nitrogen and oxygen atoms in total. The topological polar surface area (TPSA) is 12.0 Å². The molecule has 0 bridgehead atoms. The van der Waals surface area contributed by atoms with Gasteiger partial charge in [0.25, 0.3) is 0 Å². The maximum atomic E-state index is 6.26. The number of likely N-dealkylation sites (N-methyl/N-ethyl adjacent to an activating group) is 1. The first-order valence-corrected chi connectivity index (χ1v) is 6.91. The summed E-state index contributed by atoms with van der Waals surface area (Å²) in [5.41, 5.74) is 1.16. The van der Waals surface area contributed by atoms with Gasteiger partial charge in [0.1, 0.15) is 0 Å². The van der Waals surface area contributed by atoms with Gasteiger partial charge in [-0.1, -0.05) is 57.0 Å². The van der Waals surface area contributed by atoms with E-state index in [4.69, 9.17) is 23.2 Å². The van der Waals surface area contributed by atoms with E-state index in [1.165, 1.54) is 0 Å². The molecule has 17 heavy (non-hydrogen) atoms. The molecule has 0 aromatic heterocycles. The van der Waals surface area contributed by atoms with E-state index in [9.17, 15) is 0 Å². The van der Waals surface area contributed by atoms with Gasteiger partial charge in [-0.05, 0) is 36.1 Å². The van der Waals surface area contributed by atoms with Gasteiger partial charge in [0.05, 0.1) is 0 Å². The van der Waals surface area contributed by atoms with Crippen molar-refractivity contribution in [3.63, 3.8) is 0 Å². The van der Waals surface area contributed by atoms with Crippen molar-refractivity contribution in [2.45, 2.75) is 39.7 Å². The highest BCUT2D eigenvalue weighted by atomic mass is 35.5. The van der Waals surface area contributed by atoms with Crippen LogP contribution in [0.1, 0.15) is 39.2 Å². The lowest BCUT2D eigenvalue weighted by atomic mass is 9.86. The second kappa shape index (κ2) is 6.63. The molecule has 0 amide bonds.